The highest BCUT2D eigenvalue weighted by atomic mass is 32.2. The second-order valence-corrected chi connectivity index (χ2v) is 10.7. The summed E-state index contributed by atoms with van der Waals surface area (Å²) in [6.07, 6.45) is 0.400. The summed E-state index contributed by atoms with van der Waals surface area (Å²) in [6, 6.07) is 17.0. The first-order chi connectivity index (χ1) is 15.0. The van der Waals surface area contributed by atoms with E-state index in [9.17, 15) is 14.7 Å². The zero-order valence-corrected chi connectivity index (χ0v) is 20.3. The van der Waals surface area contributed by atoms with Crippen LogP contribution in [0.15, 0.2) is 54.6 Å². The fourth-order valence-electron chi connectivity index (χ4n) is 3.91. The van der Waals surface area contributed by atoms with E-state index >= 15 is 0 Å². The maximum absolute atomic E-state index is 13.6. The summed E-state index contributed by atoms with van der Waals surface area (Å²) in [4.78, 5) is 26.6. The number of hydrogen-bond acceptors (Lipinski definition) is 5. The highest BCUT2D eigenvalue weighted by Gasteiger charge is 2.53. The van der Waals surface area contributed by atoms with E-state index in [-0.39, 0.29) is 41.1 Å². The second-order valence-electron chi connectivity index (χ2n) is 9.64. The molecule has 3 unspecified atom stereocenters. The van der Waals surface area contributed by atoms with Crippen LogP contribution in [0.3, 0.4) is 0 Å². The molecule has 172 valence electrons. The molecule has 1 fully saturated rings. The van der Waals surface area contributed by atoms with Gasteiger partial charge in [-0.2, -0.15) is 0 Å². The average molecular weight is 456 g/mol. The van der Waals surface area contributed by atoms with E-state index in [4.69, 9.17) is 4.74 Å². The van der Waals surface area contributed by atoms with Crippen molar-refractivity contribution in [2.45, 2.75) is 64.4 Å². The predicted octanol–water partition coefficient (Wildman–Crippen LogP) is 5.34. The third-order valence-corrected chi connectivity index (χ3v) is 8.12. The van der Waals surface area contributed by atoms with Crippen LogP contribution in [0.5, 0.6) is 5.75 Å². The van der Waals surface area contributed by atoms with Gasteiger partial charge in [-0.05, 0) is 60.9 Å². The molecular formula is C26H33NO4S. The number of carbonyl (C=O) groups is 2. The normalized spacial score (nSPS) is 22.0. The van der Waals surface area contributed by atoms with Crippen LogP contribution in [0.4, 0.5) is 0 Å². The molecule has 5 nitrogen and oxygen atoms in total. The molecule has 3 rings (SSSR count). The Morgan fingerprint density at radius 1 is 1.19 bits per heavy atom. The van der Waals surface area contributed by atoms with Gasteiger partial charge in [0.2, 0.25) is 5.91 Å². The number of aryl methyl sites for hydroxylation is 1. The lowest BCUT2D eigenvalue weighted by Gasteiger charge is -2.42. The largest absolute Gasteiger partial charge is 0.508 e. The van der Waals surface area contributed by atoms with Crippen molar-refractivity contribution in [1.82, 2.24) is 4.31 Å². The SMILES string of the molecule is CC1OCC(=O)C1(C)N(SC(c1ccccc1)C(C)(C)C)C(=O)CCc1ccc(O)cc1. The van der Waals surface area contributed by atoms with Gasteiger partial charge in [0.25, 0.3) is 0 Å². The van der Waals surface area contributed by atoms with E-state index < -0.39 is 11.6 Å². The molecule has 1 N–H and O–H groups in total. The van der Waals surface area contributed by atoms with Crippen molar-refractivity contribution in [3.05, 3.63) is 65.7 Å². The van der Waals surface area contributed by atoms with Crippen molar-refractivity contribution >= 4 is 23.6 Å². The van der Waals surface area contributed by atoms with Crippen molar-refractivity contribution in [3.63, 3.8) is 0 Å². The molecule has 6 heteroatoms. The van der Waals surface area contributed by atoms with Crippen molar-refractivity contribution in [2.75, 3.05) is 6.61 Å². The summed E-state index contributed by atoms with van der Waals surface area (Å²) >= 11 is 1.44. The van der Waals surface area contributed by atoms with Gasteiger partial charge in [0.15, 0.2) is 5.78 Å². The van der Waals surface area contributed by atoms with E-state index in [1.807, 2.05) is 44.2 Å². The Bertz CT molecular complexity index is 939. The van der Waals surface area contributed by atoms with E-state index in [0.29, 0.717) is 6.42 Å². The van der Waals surface area contributed by atoms with Crippen LogP contribution in [0.2, 0.25) is 0 Å². The van der Waals surface area contributed by atoms with Crippen LogP contribution in [-0.4, -0.2) is 39.4 Å². The fraction of sp³-hybridized carbons (Fsp3) is 0.462. The summed E-state index contributed by atoms with van der Waals surface area (Å²) in [5.41, 5.74) is 0.895. The van der Waals surface area contributed by atoms with Gasteiger partial charge in [-0.1, -0.05) is 63.2 Å². The Morgan fingerprint density at radius 3 is 2.34 bits per heavy atom. The number of phenolic OH excluding ortho intramolecular Hbond substituents is 1. The molecule has 0 aliphatic carbocycles. The smallest absolute Gasteiger partial charge is 0.233 e. The molecular weight excluding hydrogens is 422 g/mol. The number of nitrogens with zero attached hydrogens (tertiary/aromatic N) is 1. The van der Waals surface area contributed by atoms with Crippen LogP contribution < -0.4 is 0 Å². The van der Waals surface area contributed by atoms with Gasteiger partial charge in [0, 0.05) is 6.42 Å². The first-order valence-corrected chi connectivity index (χ1v) is 11.8. The van der Waals surface area contributed by atoms with Gasteiger partial charge < -0.3 is 9.84 Å². The first kappa shape index (κ1) is 24.3. The summed E-state index contributed by atoms with van der Waals surface area (Å²) < 4.78 is 7.37. The monoisotopic (exact) mass is 455 g/mol. The molecule has 1 saturated heterocycles. The minimum Gasteiger partial charge on any atom is -0.508 e. The number of carbonyl (C=O) groups excluding carboxylic acids is 2. The molecule has 0 spiro atoms. The highest BCUT2D eigenvalue weighted by molar-refractivity contribution is 7.97. The van der Waals surface area contributed by atoms with Crippen molar-refractivity contribution in [1.29, 1.82) is 0 Å². The Morgan fingerprint density at radius 2 is 1.81 bits per heavy atom. The van der Waals surface area contributed by atoms with Gasteiger partial charge in [-0.3, -0.25) is 13.9 Å². The number of rotatable bonds is 7. The quantitative estimate of drug-likeness (QED) is 0.571. The van der Waals surface area contributed by atoms with Gasteiger partial charge >= 0.3 is 0 Å². The van der Waals surface area contributed by atoms with Gasteiger partial charge in [0.1, 0.15) is 17.9 Å². The number of benzene rings is 2. The topological polar surface area (TPSA) is 66.8 Å². The molecule has 32 heavy (non-hydrogen) atoms. The number of Topliss-reactive ketones (excluding diaryl/α,β-unsaturated/α-hetero) is 1. The van der Waals surface area contributed by atoms with Gasteiger partial charge in [-0.25, -0.2) is 0 Å². The van der Waals surface area contributed by atoms with Crippen LogP contribution in [0, 0.1) is 5.41 Å². The van der Waals surface area contributed by atoms with E-state index in [1.165, 1.54) is 11.9 Å². The molecule has 2 aromatic carbocycles. The van der Waals surface area contributed by atoms with Crippen molar-refractivity contribution in [2.24, 2.45) is 5.41 Å². The minimum absolute atomic E-state index is 0.0193. The van der Waals surface area contributed by atoms with Crippen LogP contribution in [-0.2, 0) is 20.7 Å². The third-order valence-electron chi connectivity index (χ3n) is 6.13. The molecule has 1 aliphatic rings. The molecule has 3 atom stereocenters. The Kier molecular flexibility index (Phi) is 7.36. The molecule has 0 saturated carbocycles. The molecule has 0 bridgehead atoms. The van der Waals surface area contributed by atoms with Crippen LogP contribution in [0.1, 0.15) is 57.4 Å². The Hall–Kier alpha value is -2.31. The number of hydrogen-bond donors (Lipinski definition) is 1. The summed E-state index contributed by atoms with van der Waals surface area (Å²) in [5, 5.41) is 9.48. The Balaban J connectivity index is 1.92. The lowest BCUT2D eigenvalue weighted by molar-refractivity contribution is -0.137. The van der Waals surface area contributed by atoms with E-state index in [0.717, 1.165) is 11.1 Å². The van der Waals surface area contributed by atoms with Gasteiger partial charge in [-0.15, -0.1) is 0 Å². The molecule has 1 heterocycles. The lowest BCUT2D eigenvalue weighted by atomic mass is 9.87. The average Bonchev–Trinajstić information content (AvgIpc) is 3.01. The number of ether oxygens (including phenoxy) is 1. The summed E-state index contributed by atoms with van der Waals surface area (Å²) in [7, 11) is 0. The molecule has 0 aromatic heterocycles. The standard InChI is InChI=1S/C26H33NO4S/c1-18-26(5,22(29)17-31-18)27(23(30)16-13-19-11-14-21(28)15-12-19)32-24(25(2,3)4)20-9-7-6-8-10-20/h6-12,14-15,18,24,28H,13,16-17H2,1-5H3. The van der Waals surface area contributed by atoms with E-state index in [2.05, 4.69) is 32.9 Å². The van der Waals surface area contributed by atoms with Crippen molar-refractivity contribution < 1.29 is 19.4 Å². The van der Waals surface area contributed by atoms with Crippen molar-refractivity contribution in [3.8, 4) is 5.75 Å². The first-order valence-electron chi connectivity index (χ1n) is 11.0. The number of phenols is 1. The summed E-state index contributed by atoms with van der Waals surface area (Å²) in [5.74, 6) is 0.0286. The predicted molar refractivity (Wildman–Crippen MR) is 128 cm³/mol. The third kappa shape index (κ3) is 5.18. The Labute approximate surface area is 195 Å². The number of ketones is 1. The van der Waals surface area contributed by atoms with E-state index in [1.54, 1.807) is 16.4 Å². The van der Waals surface area contributed by atoms with Gasteiger partial charge in [0.05, 0.1) is 11.4 Å². The highest BCUT2D eigenvalue weighted by Crippen LogP contribution is 2.49. The number of aromatic hydroxyl groups is 1. The maximum atomic E-state index is 13.6. The zero-order valence-electron chi connectivity index (χ0n) is 19.5. The van der Waals surface area contributed by atoms with Crippen LogP contribution >= 0.6 is 11.9 Å². The maximum Gasteiger partial charge on any atom is 0.233 e. The second kappa shape index (κ2) is 9.67. The zero-order chi connectivity index (χ0) is 23.5. The fourth-order valence-corrected chi connectivity index (χ4v) is 5.39. The van der Waals surface area contributed by atoms with Crippen LogP contribution in [0.25, 0.3) is 0 Å². The summed E-state index contributed by atoms with van der Waals surface area (Å²) in [6.45, 7) is 10.1. The molecule has 1 aliphatic heterocycles. The lowest BCUT2D eigenvalue weighted by Crippen LogP contribution is -2.55. The molecule has 0 radical (unpaired) electrons. The molecule has 1 amide bonds. The minimum atomic E-state index is -1.03. The number of amides is 1. The molecule has 2 aromatic rings.